The minimum atomic E-state index is -0.340. The molecule has 7 heteroatoms. The van der Waals surface area contributed by atoms with Gasteiger partial charge in [-0.25, -0.2) is 0 Å². The molecule has 0 spiro atoms. The molecule has 3 N–H and O–H groups in total. The highest BCUT2D eigenvalue weighted by atomic mass is 16.5. The Kier molecular flexibility index (Phi) is 4.95. The van der Waals surface area contributed by atoms with Gasteiger partial charge in [0.2, 0.25) is 11.8 Å². The lowest BCUT2D eigenvalue weighted by molar-refractivity contribution is -0.127. The second-order valence-electron chi connectivity index (χ2n) is 5.87. The molecule has 7 nitrogen and oxygen atoms in total. The fourth-order valence-corrected chi connectivity index (χ4v) is 2.46. The average molecular weight is 284 g/mol. The van der Waals surface area contributed by atoms with Gasteiger partial charge >= 0.3 is 0 Å². The molecule has 1 atom stereocenters. The Morgan fingerprint density at radius 2 is 2.15 bits per heavy atom. The fraction of sp³-hybridized carbons (Fsp3) is 0.846. The van der Waals surface area contributed by atoms with Gasteiger partial charge in [-0.05, 0) is 13.8 Å². The van der Waals surface area contributed by atoms with Crippen LogP contribution in [0, 0.1) is 0 Å². The van der Waals surface area contributed by atoms with Crippen LogP contribution in [0.1, 0.15) is 13.8 Å². The third kappa shape index (κ3) is 3.91. The first-order valence-electron chi connectivity index (χ1n) is 7.10. The van der Waals surface area contributed by atoms with Crippen LogP contribution in [0.25, 0.3) is 0 Å². The molecule has 0 aliphatic carbocycles. The van der Waals surface area contributed by atoms with Crippen LogP contribution in [0.5, 0.6) is 0 Å². The molecule has 1 unspecified atom stereocenters. The van der Waals surface area contributed by atoms with E-state index in [1.165, 1.54) is 0 Å². The summed E-state index contributed by atoms with van der Waals surface area (Å²) in [6.45, 7) is 8.64. The highest BCUT2D eigenvalue weighted by molar-refractivity contribution is 5.86. The van der Waals surface area contributed by atoms with E-state index in [2.05, 4.69) is 34.7 Å². The SMILES string of the molecule is CC(C)(CNC(=O)C1CNC(=O)CN1)N1CCOCC1. The molecule has 0 saturated carbocycles. The molecule has 2 saturated heterocycles. The lowest BCUT2D eigenvalue weighted by atomic mass is 10.0. The fourth-order valence-electron chi connectivity index (χ4n) is 2.46. The summed E-state index contributed by atoms with van der Waals surface area (Å²) >= 11 is 0. The number of hydrogen-bond acceptors (Lipinski definition) is 5. The smallest absolute Gasteiger partial charge is 0.239 e. The van der Waals surface area contributed by atoms with Gasteiger partial charge in [-0.15, -0.1) is 0 Å². The highest BCUT2D eigenvalue weighted by Gasteiger charge is 2.30. The van der Waals surface area contributed by atoms with Crippen molar-refractivity contribution in [3.8, 4) is 0 Å². The van der Waals surface area contributed by atoms with Crippen LogP contribution in [0.3, 0.4) is 0 Å². The monoisotopic (exact) mass is 284 g/mol. The van der Waals surface area contributed by atoms with Crippen LogP contribution in [0.4, 0.5) is 0 Å². The summed E-state index contributed by atoms with van der Waals surface area (Å²) in [5.41, 5.74) is -0.0998. The predicted molar refractivity (Wildman–Crippen MR) is 74.3 cm³/mol. The van der Waals surface area contributed by atoms with Crippen molar-refractivity contribution in [3.63, 3.8) is 0 Å². The van der Waals surface area contributed by atoms with Crippen molar-refractivity contribution in [2.24, 2.45) is 0 Å². The van der Waals surface area contributed by atoms with E-state index in [9.17, 15) is 9.59 Å². The van der Waals surface area contributed by atoms with Crippen LogP contribution in [0.15, 0.2) is 0 Å². The van der Waals surface area contributed by atoms with Crippen molar-refractivity contribution in [2.45, 2.75) is 25.4 Å². The minimum Gasteiger partial charge on any atom is -0.379 e. The number of nitrogens with zero attached hydrogens (tertiary/aromatic N) is 1. The van der Waals surface area contributed by atoms with E-state index in [1.54, 1.807) is 0 Å². The van der Waals surface area contributed by atoms with E-state index in [-0.39, 0.29) is 29.9 Å². The van der Waals surface area contributed by atoms with Crippen LogP contribution >= 0.6 is 0 Å². The van der Waals surface area contributed by atoms with Gasteiger partial charge in [-0.2, -0.15) is 0 Å². The van der Waals surface area contributed by atoms with Gasteiger partial charge in [-0.3, -0.25) is 19.8 Å². The molecule has 2 amide bonds. The molecule has 114 valence electrons. The van der Waals surface area contributed by atoms with E-state index >= 15 is 0 Å². The molecule has 2 rings (SSSR count). The predicted octanol–water partition coefficient (Wildman–Crippen LogP) is -1.70. The summed E-state index contributed by atoms with van der Waals surface area (Å²) in [6, 6.07) is -0.340. The molecule has 0 aromatic carbocycles. The number of hydrogen-bond donors (Lipinski definition) is 3. The summed E-state index contributed by atoms with van der Waals surface area (Å²) in [7, 11) is 0. The molecular weight excluding hydrogens is 260 g/mol. The first-order chi connectivity index (χ1) is 9.49. The third-order valence-electron chi connectivity index (χ3n) is 3.89. The Labute approximate surface area is 119 Å². The number of rotatable bonds is 4. The minimum absolute atomic E-state index is 0.0636. The highest BCUT2D eigenvalue weighted by Crippen LogP contribution is 2.15. The van der Waals surface area contributed by atoms with Gasteiger partial charge in [0.15, 0.2) is 0 Å². The van der Waals surface area contributed by atoms with Crippen molar-refractivity contribution < 1.29 is 14.3 Å². The first kappa shape index (κ1) is 15.2. The summed E-state index contributed by atoms with van der Waals surface area (Å²) in [5.74, 6) is -0.131. The van der Waals surface area contributed by atoms with Gasteiger partial charge in [0.05, 0.1) is 19.8 Å². The Hall–Kier alpha value is -1.18. The number of ether oxygens (including phenoxy) is 1. The Balaban J connectivity index is 1.78. The number of nitrogens with one attached hydrogen (secondary N) is 3. The molecular formula is C13H24N4O3. The van der Waals surface area contributed by atoms with Gasteiger partial charge in [0.1, 0.15) is 6.04 Å². The number of piperazine rings is 1. The van der Waals surface area contributed by atoms with Crippen LogP contribution in [-0.4, -0.2) is 74.2 Å². The maximum atomic E-state index is 12.1. The van der Waals surface area contributed by atoms with E-state index < -0.39 is 0 Å². The van der Waals surface area contributed by atoms with Crippen molar-refractivity contribution in [1.29, 1.82) is 0 Å². The third-order valence-corrected chi connectivity index (χ3v) is 3.89. The van der Waals surface area contributed by atoms with Crippen molar-refractivity contribution in [1.82, 2.24) is 20.9 Å². The summed E-state index contributed by atoms with van der Waals surface area (Å²) in [5, 5.41) is 8.58. The topological polar surface area (TPSA) is 82.7 Å². The van der Waals surface area contributed by atoms with Crippen molar-refractivity contribution >= 4 is 11.8 Å². The van der Waals surface area contributed by atoms with E-state index in [1.807, 2.05) is 0 Å². The molecule has 20 heavy (non-hydrogen) atoms. The normalized spacial score (nSPS) is 25.1. The zero-order valence-corrected chi connectivity index (χ0v) is 12.2. The zero-order chi connectivity index (χ0) is 14.6. The Morgan fingerprint density at radius 3 is 2.75 bits per heavy atom. The largest absolute Gasteiger partial charge is 0.379 e. The first-order valence-corrected chi connectivity index (χ1v) is 7.10. The Morgan fingerprint density at radius 1 is 1.45 bits per heavy atom. The molecule has 2 heterocycles. The molecule has 2 aliphatic rings. The molecule has 2 fully saturated rings. The second kappa shape index (κ2) is 6.51. The van der Waals surface area contributed by atoms with Crippen LogP contribution in [-0.2, 0) is 14.3 Å². The molecule has 0 aromatic rings. The lowest BCUT2D eigenvalue weighted by Gasteiger charge is -2.41. The number of morpholine rings is 1. The standard InChI is InChI=1S/C13H24N4O3/c1-13(2,17-3-5-20-6-4-17)9-16-12(19)10-7-15-11(18)8-14-10/h10,14H,3-9H2,1-2H3,(H,15,18)(H,16,19). The summed E-state index contributed by atoms with van der Waals surface area (Å²) in [4.78, 5) is 25.4. The number of amides is 2. The van der Waals surface area contributed by atoms with E-state index in [0.29, 0.717) is 13.1 Å². The Bertz CT molecular complexity index is 357. The summed E-state index contributed by atoms with van der Waals surface area (Å²) < 4.78 is 5.35. The molecule has 0 aromatic heterocycles. The van der Waals surface area contributed by atoms with Gasteiger partial charge in [0, 0.05) is 31.7 Å². The quantitative estimate of drug-likeness (QED) is 0.573. The van der Waals surface area contributed by atoms with Crippen LogP contribution in [0.2, 0.25) is 0 Å². The maximum absolute atomic E-state index is 12.1. The molecule has 0 radical (unpaired) electrons. The van der Waals surface area contributed by atoms with Gasteiger partial charge in [0.25, 0.3) is 0 Å². The van der Waals surface area contributed by atoms with Crippen molar-refractivity contribution in [2.75, 3.05) is 45.9 Å². The molecule has 0 bridgehead atoms. The average Bonchev–Trinajstić information content (AvgIpc) is 2.46. The van der Waals surface area contributed by atoms with Crippen LogP contribution < -0.4 is 16.0 Å². The van der Waals surface area contributed by atoms with Crippen molar-refractivity contribution in [3.05, 3.63) is 0 Å². The molecule has 2 aliphatic heterocycles. The van der Waals surface area contributed by atoms with E-state index in [0.717, 1.165) is 26.3 Å². The number of carbonyl (C=O) groups is 2. The number of carbonyl (C=O) groups excluding carboxylic acids is 2. The maximum Gasteiger partial charge on any atom is 0.239 e. The zero-order valence-electron chi connectivity index (χ0n) is 12.2. The van der Waals surface area contributed by atoms with E-state index in [4.69, 9.17) is 4.74 Å². The second-order valence-corrected chi connectivity index (χ2v) is 5.87. The summed E-state index contributed by atoms with van der Waals surface area (Å²) in [6.07, 6.45) is 0. The van der Waals surface area contributed by atoms with Gasteiger partial charge in [-0.1, -0.05) is 0 Å². The van der Waals surface area contributed by atoms with Gasteiger partial charge < -0.3 is 15.4 Å². The lowest BCUT2D eigenvalue weighted by Crippen LogP contribution is -2.61.